The molecule has 6 heteroatoms. The molecule has 1 heterocycles. The van der Waals surface area contributed by atoms with Crippen molar-refractivity contribution in [1.29, 1.82) is 0 Å². The van der Waals surface area contributed by atoms with E-state index in [1.165, 1.54) is 17.2 Å². The van der Waals surface area contributed by atoms with Crippen LogP contribution in [0, 0.1) is 10.1 Å². The number of hydrogen-bond acceptors (Lipinski definition) is 3. The monoisotopic (exact) mass is 503 g/mol. The van der Waals surface area contributed by atoms with E-state index in [2.05, 4.69) is 34.6 Å². The van der Waals surface area contributed by atoms with Crippen molar-refractivity contribution in [3.8, 4) is 0 Å². The van der Waals surface area contributed by atoms with Crippen molar-refractivity contribution in [2.75, 3.05) is 6.54 Å². The van der Waals surface area contributed by atoms with Crippen LogP contribution in [0.1, 0.15) is 46.9 Å². The maximum absolute atomic E-state index is 13.3. The largest absolute Gasteiger partial charge is 0.361 e. The van der Waals surface area contributed by atoms with Gasteiger partial charge in [-0.2, -0.15) is 0 Å². The van der Waals surface area contributed by atoms with Crippen molar-refractivity contribution in [2.45, 2.75) is 24.7 Å². The Kier molecular flexibility index (Phi) is 7.59. The van der Waals surface area contributed by atoms with Gasteiger partial charge in [-0.15, -0.1) is 0 Å². The summed E-state index contributed by atoms with van der Waals surface area (Å²) in [7, 11) is 0. The summed E-state index contributed by atoms with van der Waals surface area (Å²) in [5.74, 6) is -0.254. The molecule has 38 heavy (non-hydrogen) atoms. The number of carbonyl (C=O) groups is 1. The molecule has 4 aromatic carbocycles. The van der Waals surface area contributed by atoms with Crippen LogP contribution in [0.2, 0.25) is 0 Å². The number of aromatic amines is 1. The van der Waals surface area contributed by atoms with Crippen molar-refractivity contribution in [3.63, 3.8) is 0 Å². The molecule has 0 unspecified atom stereocenters. The second-order valence-corrected chi connectivity index (χ2v) is 9.41. The zero-order chi connectivity index (χ0) is 26.3. The van der Waals surface area contributed by atoms with Crippen molar-refractivity contribution in [2.24, 2.45) is 0 Å². The van der Waals surface area contributed by atoms with E-state index in [0.717, 1.165) is 28.5 Å². The van der Waals surface area contributed by atoms with Crippen molar-refractivity contribution in [1.82, 2.24) is 10.3 Å². The van der Waals surface area contributed by atoms with Crippen LogP contribution < -0.4 is 5.32 Å². The average Bonchev–Trinajstić information content (AvgIpc) is 3.39. The topological polar surface area (TPSA) is 88.0 Å². The number of amides is 1. The van der Waals surface area contributed by atoms with Crippen molar-refractivity contribution in [3.05, 3.63) is 148 Å². The number of nitrogens with one attached hydrogen (secondary N) is 2. The average molecular weight is 504 g/mol. The molecule has 5 aromatic rings. The lowest BCUT2D eigenvalue weighted by atomic mass is 9.87. The number of H-pyrrole nitrogens is 1. The predicted octanol–water partition coefficient (Wildman–Crippen LogP) is 6.94. The first kappa shape index (κ1) is 25.0. The van der Waals surface area contributed by atoms with E-state index in [9.17, 15) is 14.9 Å². The minimum absolute atomic E-state index is 0.0151. The van der Waals surface area contributed by atoms with E-state index in [1.54, 1.807) is 12.1 Å². The lowest BCUT2D eigenvalue weighted by Crippen LogP contribution is -2.27. The summed E-state index contributed by atoms with van der Waals surface area (Å²) >= 11 is 0. The number of nitro groups is 1. The molecule has 0 saturated heterocycles. The van der Waals surface area contributed by atoms with Crippen molar-refractivity contribution < 1.29 is 9.72 Å². The second-order valence-electron chi connectivity index (χ2n) is 9.41. The highest BCUT2D eigenvalue weighted by Gasteiger charge is 2.23. The number of aromatic nitrogens is 1. The summed E-state index contributed by atoms with van der Waals surface area (Å²) in [6, 6.07) is 35.1. The minimum Gasteiger partial charge on any atom is -0.361 e. The van der Waals surface area contributed by atoms with Gasteiger partial charge in [0.15, 0.2) is 0 Å². The van der Waals surface area contributed by atoms with Crippen LogP contribution in [0.25, 0.3) is 10.9 Å². The molecule has 0 radical (unpaired) electrons. The Balaban J connectivity index is 1.35. The third-order valence-electron chi connectivity index (χ3n) is 7.03. The van der Waals surface area contributed by atoms with E-state index in [1.807, 2.05) is 72.9 Å². The first-order valence-corrected chi connectivity index (χ1v) is 12.8. The number of para-hydroxylation sites is 1. The highest BCUT2D eigenvalue weighted by Crippen LogP contribution is 2.35. The molecule has 1 atom stereocenters. The van der Waals surface area contributed by atoms with Gasteiger partial charge in [0.1, 0.15) is 0 Å². The number of nitro benzene ring substituents is 1. The molecule has 0 fully saturated rings. The van der Waals surface area contributed by atoms with Crippen LogP contribution in [-0.4, -0.2) is 22.4 Å². The molecule has 6 nitrogen and oxygen atoms in total. The fourth-order valence-corrected chi connectivity index (χ4v) is 5.15. The summed E-state index contributed by atoms with van der Waals surface area (Å²) < 4.78 is 0. The van der Waals surface area contributed by atoms with Crippen LogP contribution in [0.4, 0.5) is 5.69 Å². The summed E-state index contributed by atoms with van der Waals surface area (Å²) in [5, 5.41) is 15.6. The molecule has 0 bridgehead atoms. The summed E-state index contributed by atoms with van der Waals surface area (Å²) in [6.45, 7) is 0.517. The van der Waals surface area contributed by atoms with Crippen LogP contribution in [-0.2, 0) is 4.79 Å². The number of hydrogen-bond donors (Lipinski definition) is 2. The van der Waals surface area contributed by atoms with Gasteiger partial charge in [0.2, 0.25) is 5.91 Å². The van der Waals surface area contributed by atoms with E-state index < -0.39 is 4.92 Å². The smallest absolute Gasteiger partial charge is 0.269 e. The van der Waals surface area contributed by atoms with Gasteiger partial charge in [0.05, 0.1) is 4.92 Å². The summed E-state index contributed by atoms with van der Waals surface area (Å²) in [4.78, 5) is 27.6. The number of non-ortho nitro benzene ring substituents is 1. The molecule has 1 amide bonds. The molecular weight excluding hydrogens is 474 g/mol. The lowest BCUT2D eigenvalue weighted by Gasteiger charge is -2.20. The number of fused-ring (bicyclic) bond motifs is 1. The molecule has 0 aliphatic rings. The molecular formula is C32H29N3O3. The second kappa shape index (κ2) is 11.6. The molecule has 1 aromatic heterocycles. The molecule has 5 rings (SSSR count). The van der Waals surface area contributed by atoms with Gasteiger partial charge in [-0.3, -0.25) is 14.9 Å². The molecule has 0 spiro atoms. The van der Waals surface area contributed by atoms with Crippen LogP contribution >= 0.6 is 0 Å². The maximum atomic E-state index is 13.3. The van der Waals surface area contributed by atoms with Crippen molar-refractivity contribution >= 4 is 22.5 Å². The molecule has 0 aliphatic carbocycles. The molecule has 0 aliphatic heterocycles. The quantitative estimate of drug-likeness (QED) is 0.160. The first-order chi connectivity index (χ1) is 18.6. The van der Waals surface area contributed by atoms with E-state index in [4.69, 9.17) is 0 Å². The van der Waals surface area contributed by atoms with Gasteiger partial charge in [-0.05, 0) is 34.7 Å². The third kappa shape index (κ3) is 5.65. The predicted molar refractivity (Wildman–Crippen MR) is 150 cm³/mol. The fourth-order valence-electron chi connectivity index (χ4n) is 5.15. The SMILES string of the molecule is O=C(C[C@H](c1cccc([N+](=O)[O-])c1)c1c[nH]c2ccccc12)NCCC(c1ccccc1)c1ccccc1. The van der Waals surface area contributed by atoms with E-state index in [0.29, 0.717) is 6.54 Å². The van der Waals surface area contributed by atoms with Gasteiger partial charge in [-0.25, -0.2) is 0 Å². The third-order valence-corrected chi connectivity index (χ3v) is 7.03. The molecule has 2 N–H and O–H groups in total. The van der Waals surface area contributed by atoms with Gasteiger partial charge in [0, 0.05) is 54.0 Å². The number of carbonyl (C=O) groups excluding carboxylic acids is 1. The van der Waals surface area contributed by atoms with E-state index in [-0.39, 0.29) is 29.9 Å². The highest BCUT2D eigenvalue weighted by molar-refractivity contribution is 5.86. The Hall–Kier alpha value is -4.71. The Labute approximate surface area is 221 Å². The summed E-state index contributed by atoms with van der Waals surface area (Å²) in [6.07, 6.45) is 2.85. The Morgan fingerprint density at radius 3 is 2.11 bits per heavy atom. The number of nitrogens with zero attached hydrogens (tertiary/aromatic N) is 1. The minimum atomic E-state index is -0.400. The van der Waals surface area contributed by atoms with Gasteiger partial charge in [0.25, 0.3) is 5.69 Å². The highest BCUT2D eigenvalue weighted by atomic mass is 16.6. The maximum Gasteiger partial charge on any atom is 0.269 e. The van der Waals surface area contributed by atoms with Gasteiger partial charge >= 0.3 is 0 Å². The summed E-state index contributed by atoms with van der Waals surface area (Å²) in [5.41, 5.74) is 5.09. The van der Waals surface area contributed by atoms with Crippen LogP contribution in [0.3, 0.4) is 0 Å². The molecule has 190 valence electrons. The Bertz CT molecular complexity index is 1490. The van der Waals surface area contributed by atoms with Gasteiger partial charge in [-0.1, -0.05) is 91.0 Å². The van der Waals surface area contributed by atoms with E-state index >= 15 is 0 Å². The lowest BCUT2D eigenvalue weighted by molar-refractivity contribution is -0.384. The first-order valence-electron chi connectivity index (χ1n) is 12.8. The zero-order valence-corrected chi connectivity index (χ0v) is 20.9. The van der Waals surface area contributed by atoms with Gasteiger partial charge < -0.3 is 10.3 Å². The zero-order valence-electron chi connectivity index (χ0n) is 20.9. The standard InChI is InChI=1S/C32H29N3O3/c36-32(33-19-18-27(23-10-3-1-4-11-23)24-12-5-2-6-13-24)21-29(25-14-9-15-26(20-25)35(37)38)30-22-34-31-17-8-7-16-28(30)31/h1-17,20,22,27,29,34H,18-19,21H2,(H,33,36)/t29-/m1/s1. The van der Waals surface area contributed by atoms with Crippen LogP contribution in [0.5, 0.6) is 0 Å². The number of rotatable bonds is 10. The molecule has 0 saturated carbocycles. The number of benzene rings is 4. The Morgan fingerprint density at radius 2 is 1.42 bits per heavy atom. The normalized spacial score (nSPS) is 11.9. The fraction of sp³-hybridized carbons (Fsp3) is 0.156. The Morgan fingerprint density at radius 1 is 0.789 bits per heavy atom. The van der Waals surface area contributed by atoms with Crippen LogP contribution in [0.15, 0.2) is 115 Å².